The van der Waals surface area contributed by atoms with Gasteiger partial charge in [-0.2, -0.15) is 0 Å². The van der Waals surface area contributed by atoms with Gasteiger partial charge in [-0.3, -0.25) is 4.98 Å². The van der Waals surface area contributed by atoms with Crippen molar-refractivity contribution in [2.24, 2.45) is 5.73 Å². The first-order valence-electron chi connectivity index (χ1n) is 4.99. The molecule has 1 aromatic rings. The van der Waals surface area contributed by atoms with E-state index >= 15 is 0 Å². The average Bonchev–Trinajstić information content (AvgIpc) is 2.16. The van der Waals surface area contributed by atoms with Crippen molar-refractivity contribution >= 4 is 0 Å². The summed E-state index contributed by atoms with van der Waals surface area (Å²) in [4.78, 5) is 4.34. The summed E-state index contributed by atoms with van der Waals surface area (Å²) in [7, 11) is 0. The average molecular weight is 190 g/mol. The van der Waals surface area contributed by atoms with E-state index in [2.05, 4.69) is 24.6 Å². The molecule has 0 amide bonds. The van der Waals surface area contributed by atoms with Crippen LogP contribution in [-0.2, 0) is 6.42 Å². The second-order valence-corrected chi connectivity index (χ2v) is 3.67. The molecule has 2 nitrogen and oxygen atoms in total. The maximum atomic E-state index is 6.05. The Morgan fingerprint density at radius 2 is 2.36 bits per heavy atom. The fourth-order valence-corrected chi connectivity index (χ4v) is 1.56. The highest BCUT2D eigenvalue weighted by Gasteiger charge is 2.10. The van der Waals surface area contributed by atoms with Crippen molar-refractivity contribution < 1.29 is 0 Å². The Labute approximate surface area is 85.9 Å². The molecule has 0 bridgehead atoms. The van der Waals surface area contributed by atoms with Gasteiger partial charge in [0.05, 0.1) is 11.7 Å². The molecular formula is C12H18N2. The van der Waals surface area contributed by atoms with Gasteiger partial charge in [0.15, 0.2) is 0 Å². The molecule has 0 aliphatic heterocycles. The summed E-state index contributed by atoms with van der Waals surface area (Å²) in [6.45, 7) is 7.98. The van der Waals surface area contributed by atoms with E-state index in [1.807, 2.05) is 13.0 Å². The first kappa shape index (κ1) is 10.9. The molecule has 2 N–H and O–H groups in total. The molecule has 0 radical (unpaired) electrons. The van der Waals surface area contributed by atoms with Crippen LogP contribution >= 0.6 is 0 Å². The van der Waals surface area contributed by atoms with Crippen LogP contribution in [0.25, 0.3) is 0 Å². The summed E-state index contributed by atoms with van der Waals surface area (Å²) >= 11 is 0. The summed E-state index contributed by atoms with van der Waals surface area (Å²) < 4.78 is 0. The van der Waals surface area contributed by atoms with Gasteiger partial charge >= 0.3 is 0 Å². The van der Waals surface area contributed by atoms with Crippen molar-refractivity contribution in [3.05, 3.63) is 41.7 Å². The van der Waals surface area contributed by atoms with Crippen LogP contribution in [0.1, 0.15) is 37.6 Å². The molecular weight excluding hydrogens is 172 g/mol. The molecule has 0 fully saturated rings. The maximum Gasteiger partial charge on any atom is 0.0606 e. The minimum absolute atomic E-state index is 0.0105. The lowest BCUT2D eigenvalue weighted by Gasteiger charge is -2.14. The highest BCUT2D eigenvalue weighted by molar-refractivity contribution is 5.23. The van der Waals surface area contributed by atoms with E-state index < -0.39 is 0 Å². The number of nitrogens with zero attached hydrogens (tertiary/aromatic N) is 1. The van der Waals surface area contributed by atoms with Gasteiger partial charge in [0.1, 0.15) is 0 Å². The molecule has 0 saturated heterocycles. The molecule has 14 heavy (non-hydrogen) atoms. The predicted molar refractivity (Wildman–Crippen MR) is 60.0 cm³/mol. The van der Waals surface area contributed by atoms with E-state index in [0.717, 1.165) is 24.1 Å². The zero-order valence-corrected chi connectivity index (χ0v) is 8.96. The topological polar surface area (TPSA) is 38.9 Å². The summed E-state index contributed by atoms with van der Waals surface area (Å²) in [5.74, 6) is 0. The van der Waals surface area contributed by atoms with Crippen molar-refractivity contribution in [2.75, 3.05) is 0 Å². The van der Waals surface area contributed by atoms with Gasteiger partial charge < -0.3 is 5.73 Å². The number of hydrogen-bond acceptors (Lipinski definition) is 2. The fourth-order valence-electron chi connectivity index (χ4n) is 1.56. The normalized spacial score (nSPS) is 12.5. The SMILES string of the molecule is C=C(C)CC(N)c1ncccc1CC. The Balaban J connectivity index is 2.87. The lowest BCUT2D eigenvalue weighted by Crippen LogP contribution is -2.14. The Kier molecular flexibility index (Phi) is 3.84. The smallest absolute Gasteiger partial charge is 0.0606 e. The number of rotatable bonds is 4. The van der Waals surface area contributed by atoms with Crippen molar-refractivity contribution in [1.29, 1.82) is 0 Å². The minimum atomic E-state index is -0.0105. The molecule has 0 aromatic carbocycles. The van der Waals surface area contributed by atoms with Gasteiger partial charge in [0.2, 0.25) is 0 Å². The van der Waals surface area contributed by atoms with Gasteiger partial charge in [0.25, 0.3) is 0 Å². The number of nitrogens with two attached hydrogens (primary N) is 1. The number of hydrogen-bond donors (Lipinski definition) is 1. The van der Waals surface area contributed by atoms with Crippen LogP contribution in [0.5, 0.6) is 0 Å². The second-order valence-electron chi connectivity index (χ2n) is 3.67. The van der Waals surface area contributed by atoms with Crippen molar-refractivity contribution in [2.45, 2.75) is 32.7 Å². The molecule has 0 aliphatic carbocycles. The molecule has 1 rings (SSSR count). The van der Waals surface area contributed by atoms with Crippen LogP contribution in [-0.4, -0.2) is 4.98 Å². The molecule has 2 heteroatoms. The van der Waals surface area contributed by atoms with Crippen LogP contribution in [0, 0.1) is 0 Å². The quantitative estimate of drug-likeness (QED) is 0.741. The molecule has 1 unspecified atom stereocenters. The Hall–Kier alpha value is -1.15. The third-order valence-corrected chi connectivity index (χ3v) is 2.23. The highest BCUT2D eigenvalue weighted by atomic mass is 14.8. The van der Waals surface area contributed by atoms with Crippen LogP contribution in [0.15, 0.2) is 30.5 Å². The molecule has 76 valence electrons. The second kappa shape index (κ2) is 4.91. The van der Waals surface area contributed by atoms with Gasteiger partial charge in [0, 0.05) is 6.20 Å². The summed E-state index contributed by atoms with van der Waals surface area (Å²) in [5.41, 5.74) is 9.40. The van der Waals surface area contributed by atoms with Crippen LogP contribution in [0.4, 0.5) is 0 Å². The van der Waals surface area contributed by atoms with Gasteiger partial charge in [-0.1, -0.05) is 18.6 Å². The first-order valence-corrected chi connectivity index (χ1v) is 4.99. The largest absolute Gasteiger partial charge is 0.322 e. The molecule has 1 aromatic heterocycles. The first-order chi connectivity index (χ1) is 6.65. The van der Waals surface area contributed by atoms with Crippen LogP contribution < -0.4 is 5.73 Å². The molecule has 1 heterocycles. The Morgan fingerprint density at radius 1 is 1.64 bits per heavy atom. The van der Waals surface area contributed by atoms with Gasteiger partial charge in [-0.05, 0) is 31.4 Å². The summed E-state index contributed by atoms with van der Waals surface area (Å²) in [5, 5.41) is 0. The minimum Gasteiger partial charge on any atom is -0.322 e. The third kappa shape index (κ3) is 2.67. The zero-order chi connectivity index (χ0) is 10.6. The van der Waals surface area contributed by atoms with E-state index in [1.54, 1.807) is 6.20 Å². The van der Waals surface area contributed by atoms with Crippen molar-refractivity contribution in [3.8, 4) is 0 Å². The molecule has 0 spiro atoms. The number of aryl methyl sites for hydroxylation is 1. The van der Waals surface area contributed by atoms with Crippen LogP contribution in [0.2, 0.25) is 0 Å². The fraction of sp³-hybridized carbons (Fsp3) is 0.417. The third-order valence-electron chi connectivity index (χ3n) is 2.23. The number of pyridine rings is 1. The van der Waals surface area contributed by atoms with Gasteiger partial charge in [-0.25, -0.2) is 0 Å². The standard InChI is InChI=1S/C12H18N2/c1-4-10-6-5-7-14-12(10)11(13)8-9(2)3/h5-7,11H,2,4,8,13H2,1,3H3. The van der Waals surface area contributed by atoms with E-state index in [9.17, 15) is 0 Å². The lowest BCUT2D eigenvalue weighted by atomic mass is 10.0. The number of aromatic nitrogens is 1. The van der Waals surface area contributed by atoms with E-state index in [1.165, 1.54) is 5.56 Å². The predicted octanol–water partition coefficient (Wildman–Crippen LogP) is 2.61. The highest BCUT2D eigenvalue weighted by Crippen LogP contribution is 2.19. The molecule has 1 atom stereocenters. The van der Waals surface area contributed by atoms with Crippen LogP contribution in [0.3, 0.4) is 0 Å². The maximum absolute atomic E-state index is 6.05. The van der Waals surface area contributed by atoms with Gasteiger partial charge in [-0.15, -0.1) is 6.58 Å². The summed E-state index contributed by atoms with van der Waals surface area (Å²) in [6, 6.07) is 4.03. The van der Waals surface area contributed by atoms with E-state index in [4.69, 9.17) is 5.73 Å². The van der Waals surface area contributed by atoms with E-state index in [0.29, 0.717) is 0 Å². The van der Waals surface area contributed by atoms with E-state index in [-0.39, 0.29) is 6.04 Å². The van der Waals surface area contributed by atoms with Crippen molar-refractivity contribution in [1.82, 2.24) is 4.98 Å². The van der Waals surface area contributed by atoms with Crippen molar-refractivity contribution in [3.63, 3.8) is 0 Å². The molecule has 0 saturated carbocycles. The Bertz CT molecular complexity index is 318. The Morgan fingerprint density at radius 3 is 2.93 bits per heavy atom. The summed E-state index contributed by atoms with van der Waals surface area (Å²) in [6.07, 6.45) is 3.59. The zero-order valence-electron chi connectivity index (χ0n) is 8.96. The monoisotopic (exact) mass is 190 g/mol. The lowest BCUT2D eigenvalue weighted by molar-refractivity contribution is 0.681. The molecule has 0 aliphatic rings.